The van der Waals surface area contributed by atoms with E-state index in [4.69, 9.17) is 0 Å². The summed E-state index contributed by atoms with van der Waals surface area (Å²) < 4.78 is 15.3. The third-order valence-corrected chi connectivity index (χ3v) is 3.14. The maximum atomic E-state index is 13.1. The first-order valence-electron chi connectivity index (χ1n) is 5.87. The maximum Gasteiger partial charge on any atom is 0.125 e. The first kappa shape index (κ1) is 12.4. The Morgan fingerprint density at radius 1 is 1.41 bits per heavy atom. The molecule has 0 fully saturated rings. The molecule has 0 atom stereocenters. The Morgan fingerprint density at radius 2 is 2.18 bits per heavy atom. The van der Waals surface area contributed by atoms with E-state index in [2.05, 4.69) is 36.0 Å². The van der Waals surface area contributed by atoms with Crippen LogP contribution in [0.3, 0.4) is 0 Å². The second-order valence-corrected chi connectivity index (χ2v) is 4.97. The predicted octanol–water partition coefficient (Wildman–Crippen LogP) is 3.65. The van der Waals surface area contributed by atoms with Gasteiger partial charge in [-0.25, -0.2) is 9.37 Å². The highest BCUT2D eigenvalue weighted by Gasteiger charge is 2.10. The lowest BCUT2D eigenvalue weighted by Gasteiger charge is -2.09. The highest BCUT2D eigenvalue weighted by Crippen LogP contribution is 2.20. The molecule has 0 aliphatic rings. The summed E-state index contributed by atoms with van der Waals surface area (Å²) in [7, 11) is 0. The maximum absolute atomic E-state index is 13.1. The van der Waals surface area contributed by atoms with E-state index in [-0.39, 0.29) is 5.82 Å². The Hall–Kier alpha value is -1.03. The van der Waals surface area contributed by atoms with Gasteiger partial charge in [0.2, 0.25) is 0 Å². The molecule has 0 radical (unpaired) electrons. The van der Waals surface area contributed by atoms with Gasteiger partial charge in [-0.15, -0.1) is 0 Å². The number of benzene rings is 1. The topological polar surface area (TPSA) is 17.8 Å². The molecule has 0 saturated heterocycles. The lowest BCUT2D eigenvalue weighted by atomic mass is 10.1. The number of hydrogen-bond donors (Lipinski definition) is 1. The van der Waals surface area contributed by atoms with Gasteiger partial charge in [-0.1, -0.05) is 13.8 Å². The average Bonchev–Trinajstić information content (AvgIpc) is 2.63. The van der Waals surface area contributed by atoms with Crippen LogP contribution in [-0.4, -0.2) is 9.55 Å². The number of halogens is 1. The van der Waals surface area contributed by atoms with Crippen LogP contribution in [0.4, 0.5) is 4.39 Å². The number of hydrogen-bond acceptors (Lipinski definition) is 2. The quantitative estimate of drug-likeness (QED) is 0.822. The lowest BCUT2D eigenvalue weighted by molar-refractivity contribution is 0.516. The van der Waals surface area contributed by atoms with Crippen molar-refractivity contribution in [2.24, 2.45) is 5.92 Å². The molecule has 0 saturated carbocycles. The molecule has 92 valence electrons. The summed E-state index contributed by atoms with van der Waals surface area (Å²) in [5, 5.41) is 0. The van der Waals surface area contributed by atoms with Gasteiger partial charge in [0.25, 0.3) is 0 Å². The van der Waals surface area contributed by atoms with Crippen molar-refractivity contribution in [3.05, 3.63) is 29.8 Å². The second kappa shape index (κ2) is 5.08. The van der Waals surface area contributed by atoms with Gasteiger partial charge < -0.3 is 4.57 Å². The molecule has 1 aromatic carbocycles. The minimum atomic E-state index is -0.239. The zero-order chi connectivity index (χ0) is 12.4. The van der Waals surface area contributed by atoms with Crippen LogP contribution in [0.15, 0.2) is 18.2 Å². The van der Waals surface area contributed by atoms with Crippen molar-refractivity contribution in [1.29, 1.82) is 0 Å². The van der Waals surface area contributed by atoms with Gasteiger partial charge in [-0.2, -0.15) is 12.6 Å². The Morgan fingerprint density at radius 3 is 2.82 bits per heavy atom. The van der Waals surface area contributed by atoms with E-state index in [1.165, 1.54) is 12.1 Å². The molecule has 0 aliphatic carbocycles. The molecule has 2 aromatic rings. The smallest absolute Gasteiger partial charge is 0.125 e. The van der Waals surface area contributed by atoms with Gasteiger partial charge in [-0.05, 0) is 24.5 Å². The van der Waals surface area contributed by atoms with E-state index >= 15 is 0 Å². The van der Waals surface area contributed by atoms with E-state index in [1.807, 2.05) is 0 Å². The summed E-state index contributed by atoms with van der Waals surface area (Å²) in [5.74, 6) is 1.89. The molecule has 2 nitrogen and oxygen atoms in total. The van der Waals surface area contributed by atoms with E-state index in [9.17, 15) is 4.39 Å². The van der Waals surface area contributed by atoms with E-state index in [1.54, 1.807) is 6.07 Å². The first-order chi connectivity index (χ1) is 8.11. The standard InChI is InChI=1S/C13H17FN2S/c1-9(2)5-6-16-12-4-3-10(14)7-11(12)15-13(16)8-17/h3-4,7,9,17H,5-6,8H2,1-2H3. The lowest BCUT2D eigenvalue weighted by Crippen LogP contribution is -2.05. The van der Waals surface area contributed by atoms with Crippen molar-refractivity contribution < 1.29 is 4.39 Å². The fourth-order valence-electron chi connectivity index (χ4n) is 1.91. The van der Waals surface area contributed by atoms with Gasteiger partial charge in [0.1, 0.15) is 11.6 Å². The van der Waals surface area contributed by atoms with Crippen molar-refractivity contribution in [1.82, 2.24) is 9.55 Å². The van der Waals surface area contributed by atoms with Crippen LogP contribution in [-0.2, 0) is 12.3 Å². The fraction of sp³-hybridized carbons (Fsp3) is 0.462. The third-order valence-electron chi connectivity index (χ3n) is 2.86. The summed E-state index contributed by atoms with van der Waals surface area (Å²) in [6, 6.07) is 4.76. The van der Waals surface area contributed by atoms with Gasteiger partial charge in [0.15, 0.2) is 0 Å². The molecular formula is C13H17FN2S. The molecular weight excluding hydrogens is 235 g/mol. The van der Waals surface area contributed by atoms with Crippen molar-refractivity contribution in [3.8, 4) is 0 Å². The third kappa shape index (κ3) is 2.63. The summed E-state index contributed by atoms with van der Waals surface area (Å²) in [6.45, 7) is 5.30. The van der Waals surface area contributed by atoms with E-state index in [0.717, 1.165) is 29.8 Å². The molecule has 1 aromatic heterocycles. The first-order valence-corrected chi connectivity index (χ1v) is 6.50. The van der Waals surface area contributed by atoms with Crippen LogP contribution in [0.25, 0.3) is 11.0 Å². The van der Waals surface area contributed by atoms with Crippen molar-refractivity contribution >= 4 is 23.7 Å². The Labute approximate surface area is 106 Å². The highest BCUT2D eigenvalue weighted by molar-refractivity contribution is 7.79. The van der Waals surface area contributed by atoms with Crippen LogP contribution in [0, 0.1) is 11.7 Å². The van der Waals surface area contributed by atoms with Crippen LogP contribution in [0.2, 0.25) is 0 Å². The monoisotopic (exact) mass is 252 g/mol. The average molecular weight is 252 g/mol. The molecule has 0 aliphatic heterocycles. The summed E-state index contributed by atoms with van der Waals surface area (Å²) in [5.41, 5.74) is 1.72. The van der Waals surface area contributed by atoms with Gasteiger partial charge in [0, 0.05) is 18.4 Å². The van der Waals surface area contributed by atoms with Crippen LogP contribution in [0.5, 0.6) is 0 Å². The van der Waals surface area contributed by atoms with Crippen LogP contribution in [0.1, 0.15) is 26.1 Å². The highest BCUT2D eigenvalue weighted by atomic mass is 32.1. The van der Waals surface area contributed by atoms with Crippen molar-refractivity contribution in [2.45, 2.75) is 32.6 Å². The van der Waals surface area contributed by atoms with Gasteiger partial charge in [-0.3, -0.25) is 0 Å². The number of imidazole rings is 1. The largest absolute Gasteiger partial charge is 0.327 e. The zero-order valence-electron chi connectivity index (χ0n) is 10.2. The summed E-state index contributed by atoms with van der Waals surface area (Å²) in [6.07, 6.45) is 1.09. The SMILES string of the molecule is CC(C)CCn1c(CS)nc2cc(F)ccc21. The van der Waals surface area contributed by atoms with Crippen LogP contribution >= 0.6 is 12.6 Å². The second-order valence-electron chi connectivity index (χ2n) is 4.65. The Bertz CT molecular complexity index is 519. The van der Waals surface area contributed by atoms with Gasteiger partial charge >= 0.3 is 0 Å². The molecule has 0 N–H and O–H groups in total. The zero-order valence-corrected chi connectivity index (χ0v) is 11.0. The number of aromatic nitrogens is 2. The molecule has 0 bridgehead atoms. The van der Waals surface area contributed by atoms with E-state index in [0.29, 0.717) is 11.7 Å². The molecule has 17 heavy (non-hydrogen) atoms. The number of rotatable bonds is 4. The fourth-order valence-corrected chi connectivity index (χ4v) is 2.15. The van der Waals surface area contributed by atoms with E-state index < -0.39 is 0 Å². The molecule has 4 heteroatoms. The molecule has 0 spiro atoms. The van der Waals surface area contributed by atoms with Crippen molar-refractivity contribution in [3.63, 3.8) is 0 Å². The molecule has 0 amide bonds. The predicted molar refractivity (Wildman–Crippen MR) is 71.8 cm³/mol. The minimum absolute atomic E-state index is 0.239. The molecule has 2 rings (SSSR count). The van der Waals surface area contributed by atoms with Crippen LogP contribution < -0.4 is 0 Å². The molecule has 0 unspecified atom stereocenters. The Balaban J connectivity index is 2.43. The minimum Gasteiger partial charge on any atom is -0.327 e. The normalized spacial score (nSPS) is 11.6. The number of aryl methyl sites for hydroxylation is 1. The number of fused-ring (bicyclic) bond motifs is 1. The van der Waals surface area contributed by atoms with Crippen molar-refractivity contribution in [2.75, 3.05) is 0 Å². The molecule has 1 heterocycles. The Kier molecular flexibility index (Phi) is 3.72. The summed E-state index contributed by atoms with van der Waals surface area (Å²) in [4.78, 5) is 4.42. The number of thiol groups is 1. The number of nitrogens with zero attached hydrogens (tertiary/aromatic N) is 2. The van der Waals surface area contributed by atoms with Gasteiger partial charge in [0.05, 0.1) is 11.0 Å². The summed E-state index contributed by atoms with van der Waals surface area (Å²) >= 11 is 4.28.